The molecule has 0 spiro atoms. The molecule has 0 aromatic rings. The molecule has 1 aliphatic rings. The highest BCUT2D eigenvalue weighted by Gasteiger charge is 2.17. The molecular weight excluding hydrogens is 168 g/mol. The lowest BCUT2D eigenvalue weighted by Gasteiger charge is -2.22. The van der Waals surface area contributed by atoms with Crippen LogP contribution in [0.5, 0.6) is 0 Å². The Labute approximate surface area is 79.1 Å². The van der Waals surface area contributed by atoms with Crippen LogP contribution in [0.2, 0.25) is 0 Å². The predicted molar refractivity (Wildman–Crippen MR) is 49.6 cm³/mol. The smallest absolute Gasteiger partial charge is 0.332 e. The van der Waals surface area contributed by atoms with Gasteiger partial charge in [0.1, 0.15) is 0 Å². The third-order valence-electron chi connectivity index (χ3n) is 2.65. The number of rotatable bonds is 4. The van der Waals surface area contributed by atoms with Crippen LogP contribution in [-0.4, -0.2) is 23.8 Å². The van der Waals surface area contributed by atoms with Gasteiger partial charge in [0.15, 0.2) is 6.10 Å². The fourth-order valence-corrected chi connectivity index (χ4v) is 1.71. The monoisotopic (exact) mass is 186 g/mol. The molecule has 0 radical (unpaired) electrons. The summed E-state index contributed by atoms with van der Waals surface area (Å²) in [5, 5.41) is 8.59. The summed E-state index contributed by atoms with van der Waals surface area (Å²) >= 11 is 0. The van der Waals surface area contributed by atoms with E-state index in [4.69, 9.17) is 9.84 Å². The first-order chi connectivity index (χ1) is 6.20. The van der Waals surface area contributed by atoms with E-state index in [0.29, 0.717) is 12.5 Å². The minimum Gasteiger partial charge on any atom is -0.479 e. The molecule has 1 unspecified atom stereocenters. The average molecular weight is 186 g/mol. The molecule has 1 aliphatic carbocycles. The van der Waals surface area contributed by atoms with Crippen LogP contribution in [0.15, 0.2) is 0 Å². The van der Waals surface area contributed by atoms with Crippen LogP contribution in [0.3, 0.4) is 0 Å². The van der Waals surface area contributed by atoms with Crippen LogP contribution in [0.25, 0.3) is 0 Å². The normalized spacial score (nSPS) is 21.3. The van der Waals surface area contributed by atoms with E-state index in [9.17, 15) is 4.79 Å². The van der Waals surface area contributed by atoms with Crippen molar-refractivity contribution in [3.63, 3.8) is 0 Å². The zero-order valence-electron chi connectivity index (χ0n) is 8.16. The zero-order valence-corrected chi connectivity index (χ0v) is 8.16. The van der Waals surface area contributed by atoms with Gasteiger partial charge in [0.05, 0.1) is 6.61 Å². The van der Waals surface area contributed by atoms with Gasteiger partial charge >= 0.3 is 5.97 Å². The molecule has 0 aromatic heterocycles. The van der Waals surface area contributed by atoms with E-state index in [1.807, 2.05) is 0 Å². The summed E-state index contributed by atoms with van der Waals surface area (Å²) in [6.45, 7) is 2.21. The van der Waals surface area contributed by atoms with E-state index < -0.39 is 12.1 Å². The number of hydrogen-bond acceptors (Lipinski definition) is 2. The van der Waals surface area contributed by atoms with Crippen molar-refractivity contribution in [1.82, 2.24) is 0 Å². The number of ether oxygens (including phenoxy) is 1. The molecule has 1 rings (SSSR count). The van der Waals surface area contributed by atoms with Crippen LogP contribution in [0.1, 0.15) is 39.0 Å². The Morgan fingerprint density at radius 2 is 2.08 bits per heavy atom. The standard InChI is InChI=1S/C10H18O3/c1-8(10(11)12)13-7-9-5-3-2-4-6-9/h8-9H,2-7H2,1H3,(H,11,12). The minimum absolute atomic E-state index is 0.593. The first-order valence-electron chi connectivity index (χ1n) is 5.04. The van der Waals surface area contributed by atoms with Crippen LogP contribution >= 0.6 is 0 Å². The largest absolute Gasteiger partial charge is 0.479 e. The molecule has 1 fully saturated rings. The van der Waals surface area contributed by atoms with Crippen molar-refractivity contribution in [3.05, 3.63) is 0 Å². The van der Waals surface area contributed by atoms with Crippen LogP contribution < -0.4 is 0 Å². The van der Waals surface area contributed by atoms with Gasteiger partial charge in [0.25, 0.3) is 0 Å². The molecule has 1 N–H and O–H groups in total. The first kappa shape index (κ1) is 10.5. The number of aliphatic carboxylic acids is 1. The highest BCUT2D eigenvalue weighted by atomic mass is 16.5. The van der Waals surface area contributed by atoms with Crippen LogP contribution in [0, 0.1) is 5.92 Å². The molecule has 0 amide bonds. The van der Waals surface area contributed by atoms with Gasteiger partial charge in [-0.3, -0.25) is 0 Å². The molecular formula is C10H18O3. The van der Waals surface area contributed by atoms with Crippen molar-refractivity contribution < 1.29 is 14.6 Å². The Balaban J connectivity index is 2.13. The van der Waals surface area contributed by atoms with Gasteiger partial charge in [0.2, 0.25) is 0 Å². The SMILES string of the molecule is CC(OCC1CCCCC1)C(=O)O. The molecule has 3 heteroatoms. The third kappa shape index (κ3) is 3.77. The van der Waals surface area contributed by atoms with Crippen molar-refractivity contribution in [2.24, 2.45) is 5.92 Å². The Morgan fingerprint density at radius 3 is 2.62 bits per heavy atom. The molecule has 0 aliphatic heterocycles. The van der Waals surface area contributed by atoms with Gasteiger partial charge in [-0.05, 0) is 25.7 Å². The van der Waals surface area contributed by atoms with Crippen LogP contribution in [-0.2, 0) is 9.53 Å². The van der Waals surface area contributed by atoms with Crippen molar-refractivity contribution in [1.29, 1.82) is 0 Å². The lowest BCUT2D eigenvalue weighted by molar-refractivity contribution is -0.150. The van der Waals surface area contributed by atoms with Crippen LogP contribution in [0.4, 0.5) is 0 Å². The highest BCUT2D eigenvalue weighted by Crippen LogP contribution is 2.23. The molecule has 3 nitrogen and oxygen atoms in total. The van der Waals surface area contributed by atoms with Gasteiger partial charge in [-0.25, -0.2) is 4.79 Å². The topological polar surface area (TPSA) is 46.5 Å². The summed E-state index contributed by atoms with van der Waals surface area (Å²) in [6.07, 6.45) is 5.62. The second kappa shape index (κ2) is 5.22. The van der Waals surface area contributed by atoms with Gasteiger partial charge in [0, 0.05) is 0 Å². The van der Waals surface area contributed by atoms with E-state index in [1.165, 1.54) is 32.1 Å². The summed E-state index contributed by atoms with van der Waals surface area (Å²) in [5.74, 6) is -0.272. The molecule has 0 heterocycles. The van der Waals surface area contributed by atoms with Gasteiger partial charge in [-0.1, -0.05) is 19.3 Å². The maximum atomic E-state index is 10.4. The Morgan fingerprint density at radius 1 is 1.46 bits per heavy atom. The van der Waals surface area contributed by atoms with Crippen molar-refractivity contribution in [2.75, 3.05) is 6.61 Å². The number of hydrogen-bond donors (Lipinski definition) is 1. The number of carbonyl (C=O) groups is 1. The third-order valence-corrected chi connectivity index (χ3v) is 2.65. The summed E-state index contributed by atoms with van der Waals surface area (Å²) in [5.41, 5.74) is 0. The van der Waals surface area contributed by atoms with E-state index in [1.54, 1.807) is 6.92 Å². The summed E-state index contributed by atoms with van der Waals surface area (Å²) in [6, 6.07) is 0. The fraction of sp³-hybridized carbons (Fsp3) is 0.900. The maximum Gasteiger partial charge on any atom is 0.332 e. The number of carboxylic acid groups (broad SMARTS) is 1. The van der Waals surface area contributed by atoms with Crippen molar-refractivity contribution >= 4 is 5.97 Å². The van der Waals surface area contributed by atoms with Gasteiger partial charge in [-0.15, -0.1) is 0 Å². The summed E-state index contributed by atoms with van der Waals surface area (Å²) in [4.78, 5) is 10.4. The molecule has 13 heavy (non-hydrogen) atoms. The van der Waals surface area contributed by atoms with E-state index in [2.05, 4.69) is 0 Å². The van der Waals surface area contributed by atoms with E-state index in [-0.39, 0.29) is 0 Å². The fourth-order valence-electron chi connectivity index (χ4n) is 1.71. The summed E-state index contributed by atoms with van der Waals surface area (Å²) in [7, 11) is 0. The van der Waals surface area contributed by atoms with Crippen molar-refractivity contribution in [2.45, 2.75) is 45.1 Å². The number of carboxylic acids is 1. The second-order valence-electron chi connectivity index (χ2n) is 3.82. The molecule has 1 saturated carbocycles. The lowest BCUT2D eigenvalue weighted by atomic mass is 9.90. The average Bonchev–Trinajstić information content (AvgIpc) is 2.15. The molecule has 0 bridgehead atoms. The highest BCUT2D eigenvalue weighted by molar-refractivity contribution is 5.71. The molecule has 76 valence electrons. The summed E-state index contributed by atoms with van der Waals surface area (Å²) < 4.78 is 5.24. The van der Waals surface area contributed by atoms with Crippen molar-refractivity contribution in [3.8, 4) is 0 Å². The zero-order chi connectivity index (χ0) is 9.68. The minimum atomic E-state index is -0.865. The molecule has 0 saturated heterocycles. The maximum absolute atomic E-state index is 10.4. The molecule has 1 atom stereocenters. The second-order valence-corrected chi connectivity index (χ2v) is 3.82. The first-order valence-corrected chi connectivity index (χ1v) is 5.04. The molecule has 0 aromatic carbocycles. The quantitative estimate of drug-likeness (QED) is 0.731. The Bertz CT molecular complexity index is 162. The van der Waals surface area contributed by atoms with Gasteiger partial charge in [-0.2, -0.15) is 0 Å². The van der Waals surface area contributed by atoms with E-state index >= 15 is 0 Å². The van der Waals surface area contributed by atoms with E-state index in [0.717, 1.165) is 0 Å². The Kier molecular flexibility index (Phi) is 4.22. The van der Waals surface area contributed by atoms with Gasteiger partial charge < -0.3 is 9.84 Å². The predicted octanol–water partition coefficient (Wildman–Crippen LogP) is 2.06. The lowest BCUT2D eigenvalue weighted by Crippen LogP contribution is -2.24. The Hall–Kier alpha value is -0.570.